The van der Waals surface area contributed by atoms with Gasteiger partial charge in [-0.1, -0.05) is 75.2 Å². The number of alkyl carbamates (subject to hydrolysis) is 1. The van der Waals surface area contributed by atoms with E-state index in [9.17, 15) is 19.5 Å². The second-order valence-corrected chi connectivity index (χ2v) is 9.44. The standard InChI is InChI=1S/C28H34N2O5/c1-3-28(4-2,26(33)30-17-11-5-6-16-24(30)25(31)32)29-27(34)35-18-23-21-14-9-7-12-19(21)20-13-8-10-15-22(20)23/h7-10,12-15,23-24H,3-6,11,16-18H2,1-2H3,(H,29,34)(H,31,32). The van der Waals surface area contributed by atoms with Crippen LogP contribution in [0.15, 0.2) is 48.5 Å². The van der Waals surface area contributed by atoms with Gasteiger partial charge in [-0.3, -0.25) is 4.79 Å². The summed E-state index contributed by atoms with van der Waals surface area (Å²) in [6.07, 6.45) is 2.86. The van der Waals surface area contributed by atoms with Gasteiger partial charge in [0.1, 0.15) is 18.2 Å². The summed E-state index contributed by atoms with van der Waals surface area (Å²) in [5.74, 6) is -1.42. The van der Waals surface area contributed by atoms with Crippen LogP contribution < -0.4 is 5.32 Å². The number of aliphatic carboxylic acids is 1. The van der Waals surface area contributed by atoms with Crippen molar-refractivity contribution < 1.29 is 24.2 Å². The molecule has 1 saturated heterocycles. The molecule has 2 N–H and O–H groups in total. The van der Waals surface area contributed by atoms with Crippen LogP contribution in [0.2, 0.25) is 0 Å². The fraction of sp³-hybridized carbons (Fsp3) is 0.464. The zero-order valence-corrected chi connectivity index (χ0v) is 20.5. The van der Waals surface area contributed by atoms with Crippen LogP contribution in [0.5, 0.6) is 0 Å². The SMILES string of the molecule is CCC(CC)(NC(=O)OCC1c2ccccc2-c2ccccc21)C(=O)N1CCCCCC1C(=O)O. The molecule has 2 aliphatic rings. The van der Waals surface area contributed by atoms with Gasteiger partial charge in [0, 0.05) is 12.5 Å². The van der Waals surface area contributed by atoms with Crippen LogP contribution in [0.3, 0.4) is 0 Å². The number of fused-ring (bicyclic) bond motifs is 3. The molecule has 1 unspecified atom stereocenters. The molecule has 1 heterocycles. The number of carboxylic acids is 1. The first kappa shape index (κ1) is 24.8. The summed E-state index contributed by atoms with van der Waals surface area (Å²) in [5, 5.41) is 12.6. The summed E-state index contributed by atoms with van der Waals surface area (Å²) in [5.41, 5.74) is 3.31. The van der Waals surface area contributed by atoms with Gasteiger partial charge in [-0.15, -0.1) is 0 Å². The number of ether oxygens (including phenoxy) is 1. The van der Waals surface area contributed by atoms with Gasteiger partial charge in [0.25, 0.3) is 0 Å². The highest BCUT2D eigenvalue weighted by atomic mass is 16.5. The number of rotatable bonds is 7. The molecular formula is C28H34N2O5. The first-order chi connectivity index (χ1) is 16.9. The summed E-state index contributed by atoms with van der Waals surface area (Å²) in [7, 11) is 0. The molecule has 0 bridgehead atoms. The Morgan fingerprint density at radius 1 is 0.971 bits per heavy atom. The molecule has 186 valence electrons. The molecular weight excluding hydrogens is 444 g/mol. The molecule has 2 aromatic rings. The highest BCUT2D eigenvalue weighted by molar-refractivity contribution is 5.93. The number of carboxylic acid groups (broad SMARTS) is 1. The number of likely N-dealkylation sites (tertiary alicyclic amines) is 1. The minimum atomic E-state index is -1.21. The second kappa shape index (κ2) is 10.5. The van der Waals surface area contributed by atoms with Gasteiger partial charge in [-0.05, 0) is 47.9 Å². The van der Waals surface area contributed by atoms with Gasteiger partial charge in [0.2, 0.25) is 5.91 Å². The normalized spacial score (nSPS) is 17.8. The van der Waals surface area contributed by atoms with E-state index >= 15 is 0 Å². The van der Waals surface area contributed by atoms with Crippen LogP contribution >= 0.6 is 0 Å². The molecule has 0 saturated carbocycles. The van der Waals surface area contributed by atoms with Crippen molar-refractivity contribution in [3.8, 4) is 11.1 Å². The number of carbonyl (C=O) groups excluding carboxylic acids is 2. The van der Waals surface area contributed by atoms with Crippen molar-refractivity contribution >= 4 is 18.0 Å². The van der Waals surface area contributed by atoms with Crippen molar-refractivity contribution in [1.29, 1.82) is 0 Å². The van der Waals surface area contributed by atoms with E-state index in [4.69, 9.17) is 4.74 Å². The van der Waals surface area contributed by atoms with E-state index in [0.29, 0.717) is 25.8 Å². The smallest absolute Gasteiger partial charge is 0.408 e. The maximum absolute atomic E-state index is 13.7. The number of carbonyl (C=O) groups is 3. The summed E-state index contributed by atoms with van der Waals surface area (Å²) in [6.45, 7) is 4.19. The minimum Gasteiger partial charge on any atom is -0.480 e. The Bertz CT molecular complexity index is 1050. The van der Waals surface area contributed by atoms with Crippen molar-refractivity contribution in [3.63, 3.8) is 0 Å². The number of nitrogens with zero attached hydrogens (tertiary/aromatic N) is 1. The molecule has 2 amide bonds. The van der Waals surface area contributed by atoms with Crippen LogP contribution in [0.1, 0.15) is 69.4 Å². The van der Waals surface area contributed by atoms with E-state index in [1.54, 1.807) is 0 Å². The van der Waals surface area contributed by atoms with Crippen LogP contribution in [0.25, 0.3) is 11.1 Å². The second-order valence-electron chi connectivity index (χ2n) is 9.44. The quantitative estimate of drug-likeness (QED) is 0.588. The molecule has 0 aromatic heterocycles. The first-order valence-corrected chi connectivity index (χ1v) is 12.6. The number of hydrogen-bond donors (Lipinski definition) is 2. The highest BCUT2D eigenvalue weighted by Crippen LogP contribution is 2.44. The van der Waals surface area contributed by atoms with Crippen LogP contribution in [0.4, 0.5) is 4.79 Å². The molecule has 1 atom stereocenters. The van der Waals surface area contributed by atoms with Crippen molar-refractivity contribution in [2.24, 2.45) is 0 Å². The molecule has 1 aliphatic heterocycles. The Morgan fingerprint density at radius 3 is 2.14 bits per heavy atom. The van der Waals surface area contributed by atoms with E-state index in [1.165, 1.54) is 4.90 Å². The van der Waals surface area contributed by atoms with Crippen LogP contribution in [0, 0.1) is 0 Å². The lowest BCUT2D eigenvalue weighted by molar-refractivity contribution is -0.153. The lowest BCUT2D eigenvalue weighted by Gasteiger charge is -2.38. The maximum atomic E-state index is 13.7. The predicted molar refractivity (Wildman–Crippen MR) is 133 cm³/mol. The number of hydrogen-bond acceptors (Lipinski definition) is 4. The fourth-order valence-corrected chi connectivity index (χ4v) is 5.50. The fourth-order valence-electron chi connectivity index (χ4n) is 5.50. The third-order valence-electron chi connectivity index (χ3n) is 7.60. The van der Waals surface area contributed by atoms with Gasteiger partial charge in [0.15, 0.2) is 0 Å². The largest absolute Gasteiger partial charge is 0.480 e. The summed E-state index contributed by atoms with van der Waals surface area (Å²) >= 11 is 0. The van der Waals surface area contributed by atoms with E-state index < -0.39 is 23.6 Å². The Hall–Kier alpha value is -3.35. The Balaban J connectivity index is 1.49. The van der Waals surface area contributed by atoms with Gasteiger partial charge in [-0.25, -0.2) is 9.59 Å². The van der Waals surface area contributed by atoms with E-state index in [2.05, 4.69) is 29.6 Å². The number of amides is 2. The average molecular weight is 479 g/mol. The molecule has 2 aromatic carbocycles. The van der Waals surface area contributed by atoms with E-state index in [-0.39, 0.29) is 18.4 Å². The number of benzene rings is 2. The Kier molecular flexibility index (Phi) is 7.43. The van der Waals surface area contributed by atoms with Gasteiger partial charge in [0.05, 0.1) is 0 Å². The molecule has 35 heavy (non-hydrogen) atoms. The van der Waals surface area contributed by atoms with Crippen LogP contribution in [-0.4, -0.2) is 52.7 Å². The zero-order chi connectivity index (χ0) is 25.0. The van der Waals surface area contributed by atoms with Gasteiger partial charge in [-0.2, -0.15) is 0 Å². The lowest BCUT2D eigenvalue weighted by Crippen LogP contribution is -2.62. The summed E-state index contributed by atoms with van der Waals surface area (Å²) in [6, 6.07) is 15.4. The average Bonchev–Trinajstić information content (AvgIpc) is 3.01. The minimum absolute atomic E-state index is 0.0801. The monoisotopic (exact) mass is 478 g/mol. The number of nitrogens with one attached hydrogen (secondary N) is 1. The molecule has 0 spiro atoms. The van der Waals surface area contributed by atoms with Crippen LogP contribution in [-0.2, 0) is 14.3 Å². The van der Waals surface area contributed by atoms with Crippen molar-refractivity contribution in [1.82, 2.24) is 10.2 Å². The molecule has 7 heteroatoms. The molecule has 1 aliphatic carbocycles. The summed E-state index contributed by atoms with van der Waals surface area (Å²) < 4.78 is 5.70. The van der Waals surface area contributed by atoms with Gasteiger partial charge < -0.3 is 20.1 Å². The van der Waals surface area contributed by atoms with Crippen molar-refractivity contribution in [2.75, 3.05) is 13.2 Å². The van der Waals surface area contributed by atoms with Crippen molar-refractivity contribution in [2.45, 2.75) is 69.9 Å². The highest BCUT2D eigenvalue weighted by Gasteiger charge is 2.44. The van der Waals surface area contributed by atoms with E-state index in [0.717, 1.165) is 41.5 Å². The summed E-state index contributed by atoms with van der Waals surface area (Å²) in [4.78, 5) is 40.0. The predicted octanol–water partition coefficient (Wildman–Crippen LogP) is 4.94. The third kappa shape index (κ3) is 4.77. The molecule has 1 fully saturated rings. The molecule has 7 nitrogen and oxygen atoms in total. The zero-order valence-electron chi connectivity index (χ0n) is 20.5. The topological polar surface area (TPSA) is 95.9 Å². The third-order valence-corrected chi connectivity index (χ3v) is 7.60. The van der Waals surface area contributed by atoms with Crippen molar-refractivity contribution in [3.05, 3.63) is 59.7 Å². The first-order valence-electron chi connectivity index (χ1n) is 12.6. The maximum Gasteiger partial charge on any atom is 0.408 e. The molecule has 4 rings (SSSR count). The van der Waals surface area contributed by atoms with Gasteiger partial charge >= 0.3 is 12.1 Å². The molecule has 0 radical (unpaired) electrons. The Labute approximate surface area is 206 Å². The lowest BCUT2D eigenvalue weighted by atomic mass is 9.90. The Morgan fingerprint density at radius 2 is 1.57 bits per heavy atom. The van der Waals surface area contributed by atoms with E-state index in [1.807, 2.05) is 38.1 Å².